The number of esters is 1. The lowest BCUT2D eigenvalue weighted by atomic mass is 10.1. The van der Waals surface area contributed by atoms with Crippen molar-refractivity contribution in [2.75, 3.05) is 13.2 Å². The minimum atomic E-state index is -3.77. The van der Waals surface area contributed by atoms with Crippen LogP contribution in [0.25, 0.3) is 0 Å². The third-order valence-electron chi connectivity index (χ3n) is 5.35. The maximum atomic E-state index is 13.0. The first kappa shape index (κ1) is 22.9. The Balaban J connectivity index is 1.58. The first-order chi connectivity index (χ1) is 14.2. The molecule has 1 aromatic heterocycles. The standard InChI is InChI=1S/C18H28N3O8P/c1-4-12(5-2)9-26-17(23)11(3)20-30(25)27-10-14-13(29-30)8-16(28-14)21-7-6-15(22)19-18(21)24/h6-7,11-14,16H,4-5,8-10H2,1-3H3,(H,20,25)(H,19,22,24)/t11?,13-,14+,16+,30?/m0/s1. The van der Waals surface area contributed by atoms with Gasteiger partial charge in [0, 0.05) is 18.7 Å². The summed E-state index contributed by atoms with van der Waals surface area (Å²) < 4.78 is 36.2. The third-order valence-corrected chi connectivity index (χ3v) is 7.09. The largest absolute Gasteiger partial charge is 0.464 e. The number of hydrogen-bond acceptors (Lipinski definition) is 8. The van der Waals surface area contributed by atoms with Gasteiger partial charge in [-0.05, 0) is 12.8 Å². The van der Waals surface area contributed by atoms with Gasteiger partial charge in [0.05, 0.1) is 13.2 Å². The topological polar surface area (TPSA) is 138 Å². The average Bonchev–Trinajstić information content (AvgIpc) is 3.10. The molecule has 2 N–H and O–H groups in total. The number of carbonyl (C=O) groups excluding carboxylic acids is 1. The normalized spacial score (nSPS) is 29.5. The average molecular weight is 445 g/mol. The molecule has 2 fully saturated rings. The van der Waals surface area contributed by atoms with Gasteiger partial charge >= 0.3 is 19.4 Å². The highest BCUT2D eigenvalue weighted by molar-refractivity contribution is 7.51. The molecule has 3 heterocycles. The van der Waals surface area contributed by atoms with Crippen LogP contribution in [0.1, 0.15) is 46.3 Å². The number of aromatic amines is 1. The SMILES string of the molecule is CCC(CC)COC(=O)C(C)NP1(=O)OC[C@H]2O[C@@H](n3ccc(=O)[nH]c3=O)C[C@@H]2O1. The molecule has 2 aliphatic heterocycles. The van der Waals surface area contributed by atoms with Crippen LogP contribution in [-0.4, -0.2) is 47.0 Å². The van der Waals surface area contributed by atoms with Crippen LogP contribution < -0.4 is 16.3 Å². The van der Waals surface area contributed by atoms with Gasteiger partial charge in [-0.15, -0.1) is 0 Å². The van der Waals surface area contributed by atoms with Crippen LogP contribution in [0.2, 0.25) is 0 Å². The van der Waals surface area contributed by atoms with Crippen molar-refractivity contribution in [3.63, 3.8) is 0 Å². The monoisotopic (exact) mass is 445 g/mol. The second-order valence-corrected chi connectivity index (χ2v) is 9.20. The first-order valence-corrected chi connectivity index (χ1v) is 11.6. The van der Waals surface area contributed by atoms with Crippen LogP contribution in [0.3, 0.4) is 0 Å². The molecule has 0 radical (unpaired) electrons. The second-order valence-electron chi connectivity index (χ2n) is 7.48. The van der Waals surface area contributed by atoms with Gasteiger partial charge in [0.25, 0.3) is 5.56 Å². The van der Waals surface area contributed by atoms with Crippen molar-refractivity contribution in [2.24, 2.45) is 5.92 Å². The Kier molecular flexibility index (Phi) is 7.30. The molecule has 30 heavy (non-hydrogen) atoms. The van der Waals surface area contributed by atoms with E-state index in [1.165, 1.54) is 23.8 Å². The van der Waals surface area contributed by atoms with E-state index in [0.29, 0.717) is 6.61 Å². The fraction of sp³-hybridized carbons (Fsp3) is 0.722. The van der Waals surface area contributed by atoms with Gasteiger partial charge in [0.1, 0.15) is 24.5 Å². The number of hydrogen-bond donors (Lipinski definition) is 2. The Morgan fingerprint density at radius 3 is 2.77 bits per heavy atom. The summed E-state index contributed by atoms with van der Waals surface area (Å²) in [6.45, 7) is 5.86. The maximum Gasteiger partial charge on any atom is 0.406 e. The number of fused-ring (bicyclic) bond motifs is 1. The van der Waals surface area contributed by atoms with E-state index in [9.17, 15) is 18.9 Å². The van der Waals surface area contributed by atoms with Gasteiger partial charge in [-0.3, -0.25) is 28.2 Å². The molecule has 0 bridgehead atoms. The molecule has 2 aliphatic rings. The van der Waals surface area contributed by atoms with E-state index >= 15 is 0 Å². The highest BCUT2D eigenvalue weighted by atomic mass is 31.2. The molecule has 11 nitrogen and oxygen atoms in total. The fourth-order valence-electron chi connectivity index (χ4n) is 3.37. The second kappa shape index (κ2) is 9.57. The summed E-state index contributed by atoms with van der Waals surface area (Å²) in [5.41, 5.74) is -1.12. The minimum Gasteiger partial charge on any atom is -0.464 e. The third kappa shape index (κ3) is 5.28. The Bertz CT molecular complexity index is 911. The molecule has 1 aromatic rings. The molecule has 2 saturated heterocycles. The summed E-state index contributed by atoms with van der Waals surface area (Å²) in [6.07, 6.45) is 1.54. The van der Waals surface area contributed by atoms with Crippen LogP contribution in [0.4, 0.5) is 0 Å². The first-order valence-electron chi connectivity index (χ1n) is 10.1. The predicted octanol–water partition coefficient (Wildman–Crippen LogP) is 1.31. The maximum absolute atomic E-state index is 13.0. The van der Waals surface area contributed by atoms with E-state index < -0.39 is 49.4 Å². The highest BCUT2D eigenvalue weighted by Gasteiger charge is 2.48. The molecule has 12 heteroatoms. The number of carbonyl (C=O) groups is 1. The van der Waals surface area contributed by atoms with Crippen molar-refractivity contribution in [1.82, 2.24) is 14.6 Å². The molecule has 0 spiro atoms. The van der Waals surface area contributed by atoms with Gasteiger partial charge in [-0.1, -0.05) is 26.7 Å². The zero-order valence-electron chi connectivity index (χ0n) is 17.2. The quantitative estimate of drug-likeness (QED) is 0.448. The van der Waals surface area contributed by atoms with Gasteiger partial charge in [-0.25, -0.2) is 14.4 Å². The van der Waals surface area contributed by atoms with Gasteiger partial charge in [0.15, 0.2) is 0 Å². The Hall–Kier alpha value is -1.78. The summed E-state index contributed by atoms with van der Waals surface area (Å²) in [6, 6.07) is 0.326. The van der Waals surface area contributed by atoms with Crippen LogP contribution in [0.15, 0.2) is 21.9 Å². The molecule has 3 rings (SSSR count). The van der Waals surface area contributed by atoms with Crippen LogP contribution >= 0.6 is 7.75 Å². The molecule has 0 aliphatic carbocycles. The molecule has 0 aromatic carbocycles. The number of rotatable bonds is 8. The number of aromatic nitrogens is 2. The van der Waals surface area contributed by atoms with Crippen LogP contribution in [0, 0.1) is 5.92 Å². The van der Waals surface area contributed by atoms with Crippen molar-refractivity contribution in [3.8, 4) is 0 Å². The number of nitrogens with zero attached hydrogens (tertiary/aromatic N) is 1. The number of nitrogens with one attached hydrogen (secondary N) is 2. The van der Waals surface area contributed by atoms with E-state index in [0.717, 1.165) is 12.8 Å². The van der Waals surface area contributed by atoms with Crippen LogP contribution in [0.5, 0.6) is 0 Å². The van der Waals surface area contributed by atoms with Crippen molar-refractivity contribution >= 4 is 13.7 Å². The molecule has 2 unspecified atom stereocenters. The van der Waals surface area contributed by atoms with Crippen molar-refractivity contribution in [1.29, 1.82) is 0 Å². The lowest BCUT2D eigenvalue weighted by Crippen LogP contribution is -2.41. The van der Waals surface area contributed by atoms with Gasteiger partial charge in [-0.2, -0.15) is 0 Å². The zero-order chi connectivity index (χ0) is 21.9. The van der Waals surface area contributed by atoms with E-state index in [-0.39, 0.29) is 18.9 Å². The van der Waals surface area contributed by atoms with E-state index in [4.69, 9.17) is 18.5 Å². The number of ether oxygens (including phenoxy) is 2. The summed E-state index contributed by atoms with van der Waals surface area (Å²) >= 11 is 0. The summed E-state index contributed by atoms with van der Waals surface area (Å²) in [4.78, 5) is 37.6. The summed E-state index contributed by atoms with van der Waals surface area (Å²) in [5, 5.41) is 2.61. The fourth-order valence-corrected chi connectivity index (χ4v) is 5.07. The van der Waals surface area contributed by atoms with E-state index in [2.05, 4.69) is 10.1 Å². The Morgan fingerprint density at radius 2 is 2.10 bits per heavy atom. The highest BCUT2D eigenvalue weighted by Crippen LogP contribution is 2.53. The van der Waals surface area contributed by atoms with Crippen LogP contribution in [-0.2, 0) is 27.9 Å². The molecular formula is C18H28N3O8P. The van der Waals surface area contributed by atoms with E-state index in [1.54, 1.807) is 0 Å². The Morgan fingerprint density at radius 1 is 1.37 bits per heavy atom. The van der Waals surface area contributed by atoms with Crippen molar-refractivity contribution in [2.45, 2.75) is 64.5 Å². The summed E-state index contributed by atoms with van der Waals surface area (Å²) in [7, 11) is -3.77. The molecule has 0 amide bonds. The van der Waals surface area contributed by atoms with E-state index in [1.807, 2.05) is 13.8 Å². The zero-order valence-corrected chi connectivity index (χ0v) is 18.1. The lowest BCUT2D eigenvalue weighted by Gasteiger charge is -2.32. The van der Waals surface area contributed by atoms with Crippen molar-refractivity contribution < 1.29 is 27.9 Å². The lowest BCUT2D eigenvalue weighted by molar-refractivity contribution is -0.147. The summed E-state index contributed by atoms with van der Waals surface area (Å²) in [5.74, 6) is -0.254. The smallest absolute Gasteiger partial charge is 0.406 e. The molecule has 0 saturated carbocycles. The number of H-pyrrole nitrogens is 1. The Labute approximate surface area is 173 Å². The molecule has 5 atom stereocenters. The molecule has 168 valence electrons. The van der Waals surface area contributed by atoms with Gasteiger partial charge in [0.2, 0.25) is 0 Å². The molecular weight excluding hydrogens is 417 g/mol. The van der Waals surface area contributed by atoms with Crippen molar-refractivity contribution in [3.05, 3.63) is 33.1 Å². The predicted molar refractivity (Wildman–Crippen MR) is 106 cm³/mol. The minimum absolute atomic E-state index is 0.0287. The van der Waals surface area contributed by atoms with Gasteiger partial charge < -0.3 is 9.47 Å².